The van der Waals surface area contributed by atoms with Crippen molar-refractivity contribution in [3.05, 3.63) is 29.0 Å². The molecule has 0 saturated heterocycles. The molecule has 0 unspecified atom stereocenters. The van der Waals surface area contributed by atoms with Crippen molar-refractivity contribution in [2.24, 2.45) is 0 Å². The van der Waals surface area contributed by atoms with E-state index in [9.17, 15) is 4.79 Å². The molecule has 0 saturated carbocycles. The number of aromatic nitrogens is 1. The zero-order chi connectivity index (χ0) is 15.2. The Balaban J connectivity index is 3.00. The van der Waals surface area contributed by atoms with Crippen molar-refractivity contribution >= 4 is 25.9 Å². The number of hydrogen-bond acceptors (Lipinski definition) is 3. The van der Waals surface area contributed by atoms with Crippen molar-refractivity contribution in [1.82, 2.24) is 4.98 Å². The fourth-order valence-electron chi connectivity index (χ4n) is 2.27. The van der Waals surface area contributed by atoms with Crippen LogP contribution in [0, 0.1) is 0 Å². The van der Waals surface area contributed by atoms with Crippen LogP contribution < -0.4 is 0 Å². The Morgan fingerprint density at radius 2 is 1.95 bits per heavy atom. The Hall–Kier alpha value is -0.913. The second-order valence-corrected chi connectivity index (χ2v) is 9.97. The second kappa shape index (κ2) is 7.76. The van der Waals surface area contributed by atoms with Gasteiger partial charge in [-0.2, -0.15) is 0 Å². The van der Waals surface area contributed by atoms with Gasteiger partial charge in [0.25, 0.3) is 0 Å². The SMILES string of the molecule is CC[Si](CC)(CC)O[C@@H](CC(=O)O)c1ccc(Cl)nc1. The number of carbonyl (C=O) groups is 1. The molecule has 0 aliphatic rings. The predicted molar refractivity (Wildman–Crippen MR) is 82.5 cm³/mol. The van der Waals surface area contributed by atoms with Crippen molar-refractivity contribution < 1.29 is 14.3 Å². The first-order chi connectivity index (χ1) is 9.46. The third kappa shape index (κ3) is 4.58. The van der Waals surface area contributed by atoms with Crippen molar-refractivity contribution in [2.75, 3.05) is 0 Å². The smallest absolute Gasteiger partial charge is 0.306 e. The van der Waals surface area contributed by atoms with Gasteiger partial charge in [-0.1, -0.05) is 38.4 Å². The van der Waals surface area contributed by atoms with Crippen LogP contribution in [-0.4, -0.2) is 24.4 Å². The summed E-state index contributed by atoms with van der Waals surface area (Å²) in [6.07, 6.45) is 1.12. The Kier molecular flexibility index (Phi) is 6.65. The average Bonchev–Trinajstić information content (AvgIpc) is 2.44. The molecular weight excluding hydrogens is 294 g/mol. The quantitative estimate of drug-likeness (QED) is 0.575. The van der Waals surface area contributed by atoms with Crippen LogP contribution in [0.25, 0.3) is 0 Å². The highest BCUT2D eigenvalue weighted by atomic mass is 35.5. The molecular formula is C14H22ClNO3Si. The van der Waals surface area contributed by atoms with Crippen LogP contribution in [0.3, 0.4) is 0 Å². The zero-order valence-corrected chi connectivity index (χ0v) is 14.0. The molecule has 0 fully saturated rings. The number of aliphatic carboxylic acids is 1. The van der Waals surface area contributed by atoms with Crippen molar-refractivity contribution in [2.45, 2.75) is 51.4 Å². The molecule has 1 aromatic heterocycles. The molecule has 0 radical (unpaired) electrons. The molecule has 1 N–H and O–H groups in total. The summed E-state index contributed by atoms with van der Waals surface area (Å²) in [6, 6.07) is 6.41. The lowest BCUT2D eigenvalue weighted by molar-refractivity contribution is -0.139. The lowest BCUT2D eigenvalue weighted by Crippen LogP contribution is -2.37. The van der Waals surface area contributed by atoms with Crippen LogP contribution in [0.5, 0.6) is 0 Å². The first-order valence-electron chi connectivity index (χ1n) is 6.97. The highest BCUT2D eigenvalue weighted by molar-refractivity contribution is 6.73. The molecule has 1 rings (SSSR count). The van der Waals surface area contributed by atoms with Crippen LogP contribution in [0.2, 0.25) is 23.3 Å². The molecule has 1 heterocycles. The number of nitrogens with zero attached hydrogens (tertiary/aromatic N) is 1. The van der Waals surface area contributed by atoms with E-state index in [-0.39, 0.29) is 6.42 Å². The Morgan fingerprint density at radius 3 is 2.35 bits per heavy atom. The molecule has 4 nitrogen and oxygen atoms in total. The van der Waals surface area contributed by atoms with Crippen molar-refractivity contribution in [1.29, 1.82) is 0 Å². The predicted octanol–water partition coefficient (Wildman–Crippen LogP) is 4.27. The lowest BCUT2D eigenvalue weighted by atomic mass is 10.1. The Labute approximate surface area is 126 Å². The minimum absolute atomic E-state index is 0.0436. The molecule has 1 aromatic rings. The van der Waals surface area contributed by atoms with Crippen LogP contribution in [0.4, 0.5) is 0 Å². The van der Waals surface area contributed by atoms with Crippen molar-refractivity contribution in [3.8, 4) is 0 Å². The van der Waals surface area contributed by atoms with Gasteiger partial charge >= 0.3 is 5.97 Å². The highest BCUT2D eigenvalue weighted by Gasteiger charge is 2.33. The summed E-state index contributed by atoms with van der Waals surface area (Å²) < 4.78 is 6.30. The largest absolute Gasteiger partial charge is 0.481 e. The molecule has 0 bridgehead atoms. The van der Waals surface area contributed by atoms with E-state index < -0.39 is 20.4 Å². The van der Waals surface area contributed by atoms with Gasteiger partial charge in [0.2, 0.25) is 0 Å². The fraction of sp³-hybridized carbons (Fsp3) is 0.571. The van der Waals surface area contributed by atoms with Crippen LogP contribution >= 0.6 is 11.6 Å². The number of halogens is 1. The maximum atomic E-state index is 11.1. The summed E-state index contributed by atoms with van der Waals surface area (Å²) in [4.78, 5) is 15.1. The topological polar surface area (TPSA) is 59.4 Å². The Bertz CT molecular complexity index is 426. The number of pyridine rings is 1. The molecule has 20 heavy (non-hydrogen) atoms. The highest BCUT2D eigenvalue weighted by Crippen LogP contribution is 2.31. The molecule has 0 aromatic carbocycles. The summed E-state index contributed by atoms with van der Waals surface area (Å²) in [5.41, 5.74) is 0.782. The van der Waals surface area contributed by atoms with E-state index in [2.05, 4.69) is 25.8 Å². The summed E-state index contributed by atoms with van der Waals surface area (Å²) in [5, 5.41) is 9.50. The van der Waals surface area contributed by atoms with Gasteiger partial charge in [-0.25, -0.2) is 4.98 Å². The summed E-state index contributed by atoms with van der Waals surface area (Å²) in [7, 11) is -1.87. The number of carboxylic acid groups (broad SMARTS) is 1. The first-order valence-corrected chi connectivity index (χ1v) is 9.88. The van der Waals surface area contributed by atoms with Gasteiger partial charge < -0.3 is 9.53 Å². The van der Waals surface area contributed by atoms with Crippen molar-refractivity contribution in [3.63, 3.8) is 0 Å². The van der Waals surface area contributed by atoms with E-state index in [1.807, 2.05) is 0 Å². The van der Waals surface area contributed by atoms with Gasteiger partial charge in [-0.3, -0.25) is 4.79 Å². The molecule has 6 heteroatoms. The van der Waals surface area contributed by atoms with E-state index in [1.165, 1.54) is 0 Å². The van der Waals surface area contributed by atoms with E-state index in [1.54, 1.807) is 18.3 Å². The van der Waals surface area contributed by atoms with E-state index in [0.29, 0.717) is 5.15 Å². The third-order valence-electron chi connectivity index (χ3n) is 3.81. The van der Waals surface area contributed by atoms with Gasteiger partial charge in [0, 0.05) is 6.20 Å². The number of rotatable bonds is 8. The van der Waals surface area contributed by atoms with Crippen LogP contribution in [0.15, 0.2) is 18.3 Å². The number of hydrogen-bond donors (Lipinski definition) is 1. The minimum atomic E-state index is -1.87. The molecule has 0 amide bonds. The zero-order valence-electron chi connectivity index (χ0n) is 12.2. The molecule has 0 spiro atoms. The van der Waals surface area contributed by atoms with Gasteiger partial charge in [0.15, 0.2) is 8.32 Å². The second-order valence-electron chi connectivity index (χ2n) is 4.86. The van der Waals surface area contributed by atoms with E-state index >= 15 is 0 Å². The maximum absolute atomic E-state index is 11.1. The molecule has 0 aliphatic heterocycles. The van der Waals surface area contributed by atoms with Gasteiger partial charge in [0.1, 0.15) is 5.15 Å². The van der Waals surface area contributed by atoms with E-state index in [4.69, 9.17) is 21.1 Å². The average molecular weight is 316 g/mol. The maximum Gasteiger partial charge on any atom is 0.306 e. The molecule has 112 valence electrons. The normalized spacial score (nSPS) is 13.2. The van der Waals surface area contributed by atoms with Crippen LogP contribution in [0.1, 0.15) is 38.9 Å². The fourth-order valence-corrected chi connectivity index (χ4v) is 5.20. The minimum Gasteiger partial charge on any atom is -0.481 e. The van der Waals surface area contributed by atoms with Gasteiger partial charge in [-0.15, -0.1) is 0 Å². The lowest BCUT2D eigenvalue weighted by Gasteiger charge is -2.32. The van der Waals surface area contributed by atoms with Gasteiger partial charge in [-0.05, 0) is 29.8 Å². The Morgan fingerprint density at radius 1 is 1.35 bits per heavy atom. The monoisotopic (exact) mass is 315 g/mol. The standard InChI is InChI=1S/C14H22ClNO3Si/c1-4-20(5-2,6-3)19-12(9-14(17)18)11-7-8-13(15)16-10-11/h7-8,10,12H,4-6,9H2,1-3H3,(H,17,18)/t12-/m0/s1. The van der Waals surface area contributed by atoms with E-state index in [0.717, 1.165) is 23.7 Å². The molecule has 1 atom stereocenters. The summed E-state index contributed by atoms with van der Waals surface area (Å²) >= 11 is 5.78. The summed E-state index contributed by atoms with van der Waals surface area (Å²) in [5.74, 6) is -0.865. The number of carboxylic acids is 1. The van der Waals surface area contributed by atoms with Gasteiger partial charge in [0.05, 0.1) is 12.5 Å². The first kappa shape index (κ1) is 17.1. The molecule has 0 aliphatic carbocycles. The van der Waals surface area contributed by atoms with Crippen LogP contribution in [-0.2, 0) is 9.22 Å². The third-order valence-corrected chi connectivity index (χ3v) is 8.68. The summed E-state index contributed by atoms with van der Waals surface area (Å²) in [6.45, 7) is 6.37.